The van der Waals surface area contributed by atoms with E-state index in [2.05, 4.69) is 0 Å². The van der Waals surface area contributed by atoms with E-state index in [0.29, 0.717) is 32.4 Å². The number of hydrazine groups is 1. The SMILES string of the molecule is COc1ccc([C@H]2[C@H]3C(=O)N(N4C(=O)c5cccc6cccc(c56)C4=O)C(=O)[C@H]3ON2c2ccccc2)cc1. The summed E-state index contributed by atoms with van der Waals surface area (Å²) in [6.07, 6.45) is -1.22. The van der Waals surface area contributed by atoms with Crippen molar-refractivity contribution in [2.75, 3.05) is 12.2 Å². The molecule has 3 aliphatic heterocycles. The lowest BCUT2D eigenvalue weighted by molar-refractivity contribution is -0.154. The van der Waals surface area contributed by atoms with Crippen molar-refractivity contribution in [1.29, 1.82) is 0 Å². The average molecular weight is 520 g/mol. The van der Waals surface area contributed by atoms with Crippen molar-refractivity contribution in [3.63, 3.8) is 0 Å². The maximum atomic E-state index is 14.1. The zero-order valence-corrected chi connectivity index (χ0v) is 20.7. The van der Waals surface area contributed by atoms with E-state index in [-0.39, 0.29) is 11.1 Å². The quantitative estimate of drug-likeness (QED) is 0.377. The highest BCUT2D eigenvalue weighted by molar-refractivity contribution is 6.27. The van der Waals surface area contributed by atoms with Crippen LogP contribution in [0.25, 0.3) is 10.8 Å². The maximum Gasteiger partial charge on any atom is 0.281 e. The molecule has 3 atom stereocenters. The molecule has 0 unspecified atom stereocenters. The predicted octanol–water partition coefficient (Wildman–Crippen LogP) is 3.91. The van der Waals surface area contributed by atoms with Crippen molar-refractivity contribution in [3.8, 4) is 5.75 Å². The lowest BCUT2D eigenvalue weighted by Gasteiger charge is -2.34. The summed E-state index contributed by atoms with van der Waals surface area (Å²) in [5.74, 6) is -3.28. The van der Waals surface area contributed by atoms with E-state index in [9.17, 15) is 19.2 Å². The summed E-state index contributed by atoms with van der Waals surface area (Å²) >= 11 is 0. The van der Waals surface area contributed by atoms with Gasteiger partial charge in [-0.2, -0.15) is 10.0 Å². The minimum Gasteiger partial charge on any atom is -0.497 e. The molecule has 3 heterocycles. The fraction of sp³-hybridized carbons (Fsp3) is 0.133. The van der Waals surface area contributed by atoms with Crippen LogP contribution in [0, 0.1) is 5.92 Å². The standard InChI is InChI=1S/C30H21N3O6/c1-38-20-15-13-18(14-16-20)25-24-26(39-33(25)19-9-3-2-4-10-19)30(37)32(29(24)36)31-27(34)21-11-5-7-17-8-6-12-22(23(17)21)28(31)35/h2-16,24-26H,1H3/t24-,25+,26+/m1/s1. The molecule has 0 N–H and O–H groups in total. The van der Waals surface area contributed by atoms with Gasteiger partial charge in [0.25, 0.3) is 23.6 Å². The third kappa shape index (κ3) is 3.23. The molecule has 0 spiro atoms. The molecule has 3 aliphatic rings. The number of carbonyl (C=O) groups excluding carboxylic acids is 4. The van der Waals surface area contributed by atoms with Gasteiger partial charge in [0.1, 0.15) is 11.7 Å². The topological polar surface area (TPSA) is 96.5 Å². The first-order valence-corrected chi connectivity index (χ1v) is 12.4. The molecule has 0 aromatic heterocycles. The fourth-order valence-corrected chi connectivity index (χ4v) is 5.74. The summed E-state index contributed by atoms with van der Waals surface area (Å²) in [5.41, 5.74) is 1.87. The minimum absolute atomic E-state index is 0.249. The van der Waals surface area contributed by atoms with Crippen LogP contribution in [0.1, 0.15) is 32.3 Å². The second-order valence-corrected chi connectivity index (χ2v) is 9.55. The first kappa shape index (κ1) is 23.1. The molecule has 4 amide bonds. The van der Waals surface area contributed by atoms with Gasteiger partial charge in [0, 0.05) is 5.39 Å². The number of nitrogens with zero attached hydrogens (tertiary/aromatic N) is 3. The van der Waals surface area contributed by atoms with Gasteiger partial charge >= 0.3 is 0 Å². The highest BCUT2D eigenvalue weighted by Crippen LogP contribution is 2.48. The number of methoxy groups -OCH3 is 1. The molecule has 9 nitrogen and oxygen atoms in total. The molecule has 2 fully saturated rings. The molecule has 2 saturated heterocycles. The Hall–Kier alpha value is -5.02. The molecule has 4 aromatic rings. The van der Waals surface area contributed by atoms with E-state index < -0.39 is 41.7 Å². The van der Waals surface area contributed by atoms with E-state index in [1.54, 1.807) is 72.8 Å². The Morgan fingerprint density at radius 2 is 1.33 bits per heavy atom. The van der Waals surface area contributed by atoms with Gasteiger partial charge in [-0.25, -0.2) is 5.06 Å². The van der Waals surface area contributed by atoms with Crippen LogP contribution in [0.4, 0.5) is 5.69 Å². The van der Waals surface area contributed by atoms with Crippen LogP contribution in [0.15, 0.2) is 91.0 Å². The summed E-state index contributed by atoms with van der Waals surface area (Å²) in [6, 6.07) is 25.8. The maximum absolute atomic E-state index is 14.1. The van der Waals surface area contributed by atoms with Crippen LogP contribution >= 0.6 is 0 Å². The molecular weight excluding hydrogens is 498 g/mol. The van der Waals surface area contributed by atoms with E-state index in [4.69, 9.17) is 9.57 Å². The number of amides is 4. The number of imide groups is 2. The normalized spacial score (nSPS) is 22.2. The molecule has 4 aromatic carbocycles. The number of hydrogen-bond donors (Lipinski definition) is 0. The Morgan fingerprint density at radius 1 is 0.692 bits per heavy atom. The molecule has 39 heavy (non-hydrogen) atoms. The number of rotatable bonds is 4. The number of benzene rings is 4. The number of carbonyl (C=O) groups is 4. The third-order valence-corrected chi connectivity index (χ3v) is 7.51. The van der Waals surface area contributed by atoms with E-state index in [1.807, 2.05) is 30.3 Å². The van der Waals surface area contributed by atoms with Crippen molar-refractivity contribution in [2.45, 2.75) is 12.1 Å². The van der Waals surface area contributed by atoms with Crippen LogP contribution in [0.5, 0.6) is 5.75 Å². The second kappa shape index (κ2) is 8.50. The molecule has 192 valence electrons. The lowest BCUT2D eigenvalue weighted by atomic mass is 9.90. The Bertz CT molecular complexity index is 1640. The summed E-state index contributed by atoms with van der Waals surface area (Å²) in [5, 5.41) is 4.13. The van der Waals surface area contributed by atoms with Gasteiger partial charge in [-0.15, -0.1) is 0 Å². The van der Waals surface area contributed by atoms with Gasteiger partial charge in [0.15, 0.2) is 6.10 Å². The predicted molar refractivity (Wildman–Crippen MR) is 139 cm³/mol. The van der Waals surface area contributed by atoms with Crippen LogP contribution in [0.2, 0.25) is 0 Å². The molecular formula is C30H21N3O6. The number of fused-ring (bicyclic) bond motifs is 1. The van der Waals surface area contributed by atoms with E-state index >= 15 is 0 Å². The number of hydrogen-bond acceptors (Lipinski definition) is 7. The summed E-state index contributed by atoms with van der Waals surface area (Å²) in [4.78, 5) is 61.2. The Kier molecular flexibility index (Phi) is 5.04. The van der Waals surface area contributed by atoms with Crippen molar-refractivity contribution >= 4 is 40.1 Å². The third-order valence-electron chi connectivity index (χ3n) is 7.51. The van der Waals surface area contributed by atoms with Crippen molar-refractivity contribution in [3.05, 3.63) is 108 Å². The highest BCUT2D eigenvalue weighted by Gasteiger charge is 2.63. The zero-order valence-electron chi connectivity index (χ0n) is 20.7. The first-order valence-electron chi connectivity index (χ1n) is 12.4. The monoisotopic (exact) mass is 519 g/mol. The van der Waals surface area contributed by atoms with Gasteiger partial charge < -0.3 is 4.74 Å². The highest BCUT2D eigenvalue weighted by atomic mass is 16.7. The van der Waals surface area contributed by atoms with Crippen molar-refractivity contribution in [1.82, 2.24) is 10.0 Å². The fourth-order valence-electron chi connectivity index (χ4n) is 5.74. The Labute approximate surface area is 222 Å². The molecule has 0 bridgehead atoms. The molecule has 0 radical (unpaired) electrons. The van der Waals surface area contributed by atoms with Crippen LogP contribution in [-0.4, -0.2) is 46.9 Å². The molecule has 9 heteroatoms. The first-order chi connectivity index (χ1) is 19.0. The number of anilines is 1. The van der Waals surface area contributed by atoms with Gasteiger partial charge in [-0.05, 0) is 47.3 Å². The van der Waals surface area contributed by atoms with Crippen LogP contribution in [0.3, 0.4) is 0 Å². The minimum atomic E-state index is -1.22. The summed E-state index contributed by atoms with van der Waals surface area (Å²) in [6.45, 7) is 0. The Balaban J connectivity index is 1.31. The van der Waals surface area contributed by atoms with Crippen LogP contribution < -0.4 is 9.80 Å². The molecule has 0 saturated carbocycles. The van der Waals surface area contributed by atoms with Crippen molar-refractivity contribution in [2.24, 2.45) is 5.92 Å². The van der Waals surface area contributed by atoms with Crippen LogP contribution in [-0.2, 0) is 14.4 Å². The number of para-hydroxylation sites is 1. The summed E-state index contributed by atoms with van der Waals surface area (Å²) in [7, 11) is 1.56. The lowest BCUT2D eigenvalue weighted by Crippen LogP contribution is -2.55. The number of ether oxygens (including phenoxy) is 1. The average Bonchev–Trinajstić information content (AvgIpc) is 3.48. The second-order valence-electron chi connectivity index (χ2n) is 9.55. The number of hydroxylamine groups is 1. The van der Waals surface area contributed by atoms with Crippen molar-refractivity contribution < 1.29 is 28.8 Å². The van der Waals surface area contributed by atoms with Gasteiger partial charge in [-0.1, -0.05) is 54.6 Å². The zero-order chi connectivity index (χ0) is 26.8. The molecule has 7 rings (SSSR count). The summed E-state index contributed by atoms with van der Waals surface area (Å²) < 4.78 is 5.28. The van der Waals surface area contributed by atoms with Gasteiger partial charge in [-0.3, -0.25) is 24.0 Å². The smallest absolute Gasteiger partial charge is 0.281 e. The van der Waals surface area contributed by atoms with E-state index in [0.717, 1.165) is 5.39 Å². The largest absolute Gasteiger partial charge is 0.497 e. The van der Waals surface area contributed by atoms with E-state index in [1.165, 1.54) is 0 Å². The molecule has 0 aliphatic carbocycles. The van der Waals surface area contributed by atoms with Gasteiger partial charge in [0.2, 0.25) is 0 Å². The Morgan fingerprint density at radius 3 is 1.95 bits per heavy atom. The van der Waals surface area contributed by atoms with Gasteiger partial charge in [0.05, 0.1) is 30.0 Å².